The van der Waals surface area contributed by atoms with Gasteiger partial charge in [-0.1, -0.05) is 13.0 Å². The largest absolute Gasteiger partial charge is 0.419 e. The van der Waals surface area contributed by atoms with Gasteiger partial charge in [0.15, 0.2) is 5.57 Å². The summed E-state index contributed by atoms with van der Waals surface area (Å²) < 4.78 is 51.0. The number of carbonyl (C=O) groups excluding carboxylic acids is 2. The maximum Gasteiger partial charge on any atom is 0.416 e. The smallest absolute Gasteiger partial charge is 0.416 e. The van der Waals surface area contributed by atoms with Crippen molar-refractivity contribution in [2.24, 2.45) is 0 Å². The Bertz CT molecular complexity index is 853. The third-order valence-corrected chi connectivity index (χ3v) is 5.22. The Morgan fingerprint density at radius 1 is 1.06 bits per heavy atom. The molecule has 2 aliphatic rings. The molecule has 10 heteroatoms. The lowest BCUT2D eigenvalue weighted by Crippen LogP contribution is -2.45. The number of likely N-dealkylation sites (N-methyl/N-ethyl adjacent to an activating group) is 1. The van der Waals surface area contributed by atoms with Crippen molar-refractivity contribution in [1.82, 2.24) is 9.80 Å². The van der Waals surface area contributed by atoms with Gasteiger partial charge in [0, 0.05) is 58.5 Å². The molecule has 0 aromatic heterocycles. The minimum Gasteiger partial charge on any atom is -0.419 e. The van der Waals surface area contributed by atoms with Crippen LogP contribution in [0.5, 0.6) is 0 Å². The second-order valence-electron chi connectivity index (χ2n) is 7.96. The standard InChI is InChI=1S/C21H26F3N3O4/c1-4-26-7-9-27(10-8-26)13-14-5-6-15(11-17(14)21(22,23)24)25-12-16-18(28)30-20(2,3)31-19(16)29/h5-6,11-12,25H,4,7-10,13H2,1-3H3. The molecule has 0 unspecified atom stereocenters. The highest BCUT2D eigenvalue weighted by atomic mass is 19.4. The second-order valence-corrected chi connectivity index (χ2v) is 7.96. The molecule has 0 saturated carbocycles. The van der Waals surface area contributed by atoms with E-state index in [1.165, 1.54) is 26.0 Å². The third-order valence-electron chi connectivity index (χ3n) is 5.22. The average molecular weight is 441 g/mol. The van der Waals surface area contributed by atoms with E-state index in [1.54, 1.807) is 0 Å². The van der Waals surface area contributed by atoms with Gasteiger partial charge in [-0.3, -0.25) is 4.90 Å². The zero-order valence-corrected chi connectivity index (χ0v) is 17.7. The van der Waals surface area contributed by atoms with Gasteiger partial charge in [0.1, 0.15) is 0 Å². The molecule has 31 heavy (non-hydrogen) atoms. The van der Waals surface area contributed by atoms with E-state index < -0.39 is 35.0 Å². The van der Waals surface area contributed by atoms with Crippen LogP contribution in [0.15, 0.2) is 30.0 Å². The maximum atomic E-state index is 13.7. The van der Waals surface area contributed by atoms with Crippen molar-refractivity contribution in [2.75, 3.05) is 38.0 Å². The molecule has 2 saturated heterocycles. The number of alkyl halides is 3. The van der Waals surface area contributed by atoms with Gasteiger partial charge >= 0.3 is 18.1 Å². The topological polar surface area (TPSA) is 71.1 Å². The number of nitrogens with one attached hydrogen (secondary N) is 1. The summed E-state index contributed by atoms with van der Waals surface area (Å²) in [6, 6.07) is 3.86. The molecule has 1 aromatic carbocycles. The Morgan fingerprint density at radius 3 is 2.19 bits per heavy atom. The van der Waals surface area contributed by atoms with Crippen LogP contribution in [0.4, 0.5) is 18.9 Å². The summed E-state index contributed by atoms with van der Waals surface area (Å²) in [7, 11) is 0. The molecule has 170 valence electrons. The van der Waals surface area contributed by atoms with Crippen LogP contribution in [-0.2, 0) is 31.8 Å². The number of hydrogen-bond acceptors (Lipinski definition) is 7. The van der Waals surface area contributed by atoms with E-state index in [9.17, 15) is 22.8 Å². The zero-order chi connectivity index (χ0) is 22.8. The Hall–Kier alpha value is -2.59. The van der Waals surface area contributed by atoms with E-state index in [-0.39, 0.29) is 17.8 Å². The first-order valence-electron chi connectivity index (χ1n) is 10.1. The van der Waals surface area contributed by atoms with E-state index in [0.29, 0.717) is 13.1 Å². The molecule has 0 aliphatic carbocycles. The van der Waals surface area contributed by atoms with E-state index in [2.05, 4.69) is 17.1 Å². The fourth-order valence-electron chi connectivity index (χ4n) is 3.51. The number of ether oxygens (including phenoxy) is 2. The minimum atomic E-state index is -4.54. The molecule has 2 heterocycles. The molecule has 7 nitrogen and oxygen atoms in total. The van der Waals surface area contributed by atoms with Crippen molar-refractivity contribution in [3.63, 3.8) is 0 Å². The number of esters is 2. The van der Waals surface area contributed by atoms with E-state index in [4.69, 9.17) is 9.47 Å². The number of hydrogen-bond donors (Lipinski definition) is 1. The van der Waals surface area contributed by atoms with Crippen molar-refractivity contribution in [3.05, 3.63) is 41.1 Å². The van der Waals surface area contributed by atoms with Gasteiger partial charge in [0.05, 0.1) is 5.56 Å². The molecular formula is C21H26F3N3O4. The Balaban J connectivity index is 1.76. The molecular weight excluding hydrogens is 415 g/mol. The molecule has 0 bridgehead atoms. The Labute approximate surface area is 178 Å². The van der Waals surface area contributed by atoms with Gasteiger partial charge in [-0.2, -0.15) is 13.2 Å². The lowest BCUT2D eigenvalue weighted by molar-refractivity contribution is -0.222. The van der Waals surface area contributed by atoms with Crippen LogP contribution in [0.2, 0.25) is 0 Å². The predicted molar refractivity (Wildman–Crippen MR) is 107 cm³/mol. The van der Waals surface area contributed by atoms with Crippen molar-refractivity contribution in [2.45, 2.75) is 39.3 Å². The molecule has 2 fully saturated rings. The quantitative estimate of drug-likeness (QED) is 0.428. The van der Waals surface area contributed by atoms with E-state index >= 15 is 0 Å². The van der Waals surface area contributed by atoms with Crippen LogP contribution in [-0.4, -0.2) is 60.2 Å². The lowest BCUT2D eigenvalue weighted by atomic mass is 10.0. The van der Waals surface area contributed by atoms with Crippen molar-refractivity contribution < 1.29 is 32.2 Å². The van der Waals surface area contributed by atoms with Crippen LogP contribution in [0.3, 0.4) is 0 Å². The summed E-state index contributed by atoms with van der Waals surface area (Å²) in [5.41, 5.74) is -0.923. The van der Waals surface area contributed by atoms with Crippen molar-refractivity contribution in [3.8, 4) is 0 Å². The fourth-order valence-corrected chi connectivity index (χ4v) is 3.51. The molecule has 0 amide bonds. The molecule has 0 radical (unpaired) electrons. The van der Waals surface area contributed by atoms with Crippen LogP contribution in [0.25, 0.3) is 0 Å². The fraction of sp³-hybridized carbons (Fsp3) is 0.524. The molecule has 1 N–H and O–H groups in total. The third kappa shape index (κ3) is 5.76. The number of rotatable bonds is 5. The summed E-state index contributed by atoms with van der Waals surface area (Å²) in [6.07, 6.45) is -3.54. The van der Waals surface area contributed by atoms with Crippen molar-refractivity contribution in [1.29, 1.82) is 0 Å². The molecule has 0 spiro atoms. The summed E-state index contributed by atoms with van der Waals surface area (Å²) in [4.78, 5) is 28.2. The lowest BCUT2D eigenvalue weighted by Gasteiger charge is -2.34. The molecule has 0 atom stereocenters. The van der Waals surface area contributed by atoms with Crippen LogP contribution < -0.4 is 5.32 Å². The number of benzene rings is 1. The Morgan fingerprint density at radius 2 is 1.65 bits per heavy atom. The number of carbonyl (C=O) groups is 2. The van der Waals surface area contributed by atoms with E-state index in [0.717, 1.165) is 31.9 Å². The SMILES string of the molecule is CCN1CCN(Cc2ccc(NC=C3C(=O)OC(C)(C)OC3=O)cc2C(F)(F)F)CC1. The molecule has 3 rings (SSSR count). The van der Waals surface area contributed by atoms with Gasteiger partial charge in [-0.15, -0.1) is 0 Å². The van der Waals surface area contributed by atoms with Gasteiger partial charge in [0.2, 0.25) is 0 Å². The summed E-state index contributed by atoms with van der Waals surface area (Å²) in [5.74, 6) is -3.21. The van der Waals surface area contributed by atoms with Gasteiger partial charge in [-0.25, -0.2) is 9.59 Å². The highest BCUT2D eigenvalue weighted by Crippen LogP contribution is 2.35. The minimum absolute atomic E-state index is 0.0878. The monoisotopic (exact) mass is 441 g/mol. The van der Waals surface area contributed by atoms with Gasteiger partial charge < -0.3 is 19.7 Å². The first kappa shape index (κ1) is 23.1. The highest BCUT2D eigenvalue weighted by molar-refractivity contribution is 6.15. The normalized spacial score (nSPS) is 20.3. The second kappa shape index (κ2) is 8.88. The first-order valence-corrected chi connectivity index (χ1v) is 10.1. The number of anilines is 1. The van der Waals surface area contributed by atoms with Crippen molar-refractivity contribution >= 4 is 17.6 Å². The summed E-state index contributed by atoms with van der Waals surface area (Å²) >= 11 is 0. The molecule has 2 aliphatic heterocycles. The first-order chi connectivity index (χ1) is 14.5. The van der Waals surface area contributed by atoms with Gasteiger partial charge in [-0.05, 0) is 24.2 Å². The average Bonchev–Trinajstić information content (AvgIpc) is 2.67. The number of cyclic esters (lactones) is 2. The summed E-state index contributed by atoms with van der Waals surface area (Å²) in [5, 5.41) is 2.58. The number of piperazine rings is 1. The number of nitrogens with zero attached hydrogens (tertiary/aromatic N) is 2. The Kier molecular flexibility index (Phi) is 6.61. The maximum absolute atomic E-state index is 13.7. The highest BCUT2D eigenvalue weighted by Gasteiger charge is 2.39. The predicted octanol–water partition coefficient (Wildman–Crippen LogP) is 2.97. The summed E-state index contributed by atoms with van der Waals surface area (Å²) in [6.45, 7) is 9.06. The van der Waals surface area contributed by atoms with Crippen LogP contribution >= 0.6 is 0 Å². The van der Waals surface area contributed by atoms with E-state index in [1.807, 2.05) is 4.90 Å². The van der Waals surface area contributed by atoms with Crippen LogP contribution in [0.1, 0.15) is 31.9 Å². The zero-order valence-electron chi connectivity index (χ0n) is 17.7. The molecule has 1 aromatic rings. The van der Waals surface area contributed by atoms with Crippen LogP contribution in [0, 0.1) is 0 Å². The number of halogens is 3. The van der Waals surface area contributed by atoms with Gasteiger partial charge in [0.25, 0.3) is 5.79 Å².